The van der Waals surface area contributed by atoms with Crippen LogP contribution in [0.1, 0.15) is 33.1 Å². The van der Waals surface area contributed by atoms with Crippen molar-refractivity contribution in [2.45, 2.75) is 33.1 Å². The van der Waals surface area contributed by atoms with Crippen LogP contribution in [0.3, 0.4) is 0 Å². The number of quaternary nitrogens is 1. The molecule has 0 saturated heterocycles. The Kier molecular flexibility index (Phi) is 7.65. The van der Waals surface area contributed by atoms with Crippen molar-refractivity contribution in [3.05, 3.63) is 34.4 Å². The summed E-state index contributed by atoms with van der Waals surface area (Å²) in [5, 5.41) is 10.8. The first-order valence-corrected chi connectivity index (χ1v) is 7.38. The van der Waals surface area contributed by atoms with E-state index in [-0.39, 0.29) is 5.69 Å². The molecule has 5 heteroatoms. The number of ether oxygens (including phenoxy) is 1. The predicted octanol–water partition coefficient (Wildman–Crippen LogP) is 2.07. The molecule has 1 rings (SSSR count). The number of nitro benzene ring substituents is 1. The lowest BCUT2D eigenvalue weighted by atomic mass is 10.2. The summed E-state index contributed by atoms with van der Waals surface area (Å²) in [5.41, 5.74) is 0.0417. The lowest BCUT2D eigenvalue weighted by Gasteiger charge is -2.14. The van der Waals surface area contributed by atoms with Gasteiger partial charge in [0, 0.05) is 6.07 Å². The number of para-hydroxylation sites is 2. The summed E-state index contributed by atoms with van der Waals surface area (Å²) in [6, 6.07) is 6.53. The highest BCUT2D eigenvalue weighted by atomic mass is 16.6. The number of nitro groups is 1. The molecular weight excluding hydrogens is 256 g/mol. The van der Waals surface area contributed by atoms with Crippen molar-refractivity contribution in [2.75, 3.05) is 26.2 Å². The number of hydrogen-bond donors (Lipinski definition) is 1. The van der Waals surface area contributed by atoms with Crippen molar-refractivity contribution in [3.63, 3.8) is 0 Å². The number of nitrogens with zero attached hydrogens (tertiary/aromatic N) is 1. The molecule has 20 heavy (non-hydrogen) atoms. The smallest absolute Gasteiger partial charge is 0.310 e. The topological polar surface area (TPSA) is 56.8 Å². The van der Waals surface area contributed by atoms with E-state index in [4.69, 9.17) is 4.74 Å². The Bertz CT molecular complexity index is 406. The molecule has 0 aliphatic heterocycles. The zero-order chi connectivity index (χ0) is 14.8. The van der Waals surface area contributed by atoms with Crippen LogP contribution < -0.4 is 9.64 Å². The van der Waals surface area contributed by atoms with Crippen LogP contribution in [-0.2, 0) is 0 Å². The lowest BCUT2D eigenvalue weighted by molar-refractivity contribution is -0.896. The van der Waals surface area contributed by atoms with Gasteiger partial charge in [-0.05, 0) is 39.2 Å². The van der Waals surface area contributed by atoms with Gasteiger partial charge in [-0.3, -0.25) is 10.1 Å². The SMILES string of the molecule is CC[NH+](CC)CCCCCOc1ccccc1[N+](=O)[O-]. The van der Waals surface area contributed by atoms with Crippen molar-refractivity contribution in [1.29, 1.82) is 0 Å². The number of unbranched alkanes of at least 4 members (excludes halogenated alkanes) is 2. The fourth-order valence-electron chi connectivity index (χ4n) is 2.17. The van der Waals surface area contributed by atoms with Crippen molar-refractivity contribution in [3.8, 4) is 5.75 Å². The van der Waals surface area contributed by atoms with Gasteiger partial charge in [-0.2, -0.15) is 0 Å². The standard InChI is InChI=1S/C15H24N2O3/c1-3-16(4-2)12-8-5-9-13-20-15-11-7-6-10-14(15)17(18)19/h6-7,10-11H,3-5,8-9,12-13H2,1-2H3/p+1. The van der Waals surface area contributed by atoms with Crippen molar-refractivity contribution in [2.24, 2.45) is 0 Å². The molecular formula is C15H25N2O3+. The van der Waals surface area contributed by atoms with E-state index in [0.717, 1.165) is 12.8 Å². The summed E-state index contributed by atoms with van der Waals surface area (Å²) in [6.45, 7) is 8.48. The largest absolute Gasteiger partial charge is 0.487 e. The maximum atomic E-state index is 10.8. The van der Waals surface area contributed by atoms with Crippen molar-refractivity contribution >= 4 is 5.69 Å². The fraction of sp³-hybridized carbons (Fsp3) is 0.600. The van der Waals surface area contributed by atoms with Gasteiger partial charge in [0.1, 0.15) is 0 Å². The van der Waals surface area contributed by atoms with Gasteiger partial charge in [-0.1, -0.05) is 12.1 Å². The second kappa shape index (κ2) is 9.31. The molecule has 1 aromatic rings. The first-order chi connectivity index (χ1) is 9.69. The predicted molar refractivity (Wildman–Crippen MR) is 79.4 cm³/mol. The molecule has 0 radical (unpaired) electrons. The van der Waals surface area contributed by atoms with E-state index in [1.165, 1.54) is 32.1 Å². The summed E-state index contributed by atoms with van der Waals surface area (Å²) in [5.74, 6) is 0.367. The van der Waals surface area contributed by atoms with Crippen LogP contribution in [-0.4, -0.2) is 31.2 Å². The summed E-state index contributed by atoms with van der Waals surface area (Å²) in [6.07, 6.45) is 3.22. The van der Waals surface area contributed by atoms with Gasteiger partial charge in [-0.15, -0.1) is 0 Å². The molecule has 0 aliphatic carbocycles. The number of benzene rings is 1. The molecule has 0 fully saturated rings. The Balaban J connectivity index is 2.23. The molecule has 0 heterocycles. The van der Waals surface area contributed by atoms with E-state index in [1.54, 1.807) is 23.1 Å². The Morgan fingerprint density at radius 2 is 1.85 bits per heavy atom. The van der Waals surface area contributed by atoms with E-state index < -0.39 is 4.92 Å². The van der Waals surface area contributed by atoms with E-state index >= 15 is 0 Å². The van der Waals surface area contributed by atoms with Crippen LogP contribution in [0.25, 0.3) is 0 Å². The molecule has 5 nitrogen and oxygen atoms in total. The monoisotopic (exact) mass is 281 g/mol. The maximum Gasteiger partial charge on any atom is 0.310 e. The second-order valence-corrected chi connectivity index (χ2v) is 4.84. The summed E-state index contributed by atoms with van der Waals surface area (Å²) in [4.78, 5) is 12.0. The van der Waals surface area contributed by atoms with Crippen LogP contribution >= 0.6 is 0 Å². The molecule has 0 bridgehead atoms. The Morgan fingerprint density at radius 3 is 2.50 bits per heavy atom. The second-order valence-electron chi connectivity index (χ2n) is 4.84. The molecule has 0 amide bonds. The molecule has 1 N–H and O–H groups in total. The molecule has 0 saturated carbocycles. The average molecular weight is 281 g/mol. The minimum Gasteiger partial charge on any atom is -0.487 e. The maximum absolute atomic E-state index is 10.8. The molecule has 112 valence electrons. The third kappa shape index (κ3) is 5.57. The highest BCUT2D eigenvalue weighted by Crippen LogP contribution is 2.25. The highest BCUT2D eigenvalue weighted by molar-refractivity contribution is 5.45. The van der Waals surface area contributed by atoms with Crippen LogP contribution in [0.2, 0.25) is 0 Å². The molecule has 0 unspecified atom stereocenters. The van der Waals surface area contributed by atoms with Crippen LogP contribution in [0, 0.1) is 10.1 Å². The van der Waals surface area contributed by atoms with Gasteiger partial charge in [0.15, 0.2) is 5.75 Å². The van der Waals surface area contributed by atoms with Gasteiger partial charge >= 0.3 is 5.69 Å². The first-order valence-electron chi connectivity index (χ1n) is 7.38. The van der Waals surface area contributed by atoms with E-state index in [2.05, 4.69) is 13.8 Å². The molecule has 0 aliphatic rings. The Labute approximate surface area is 120 Å². The number of rotatable bonds is 10. The van der Waals surface area contributed by atoms with Crippen LogP contribution in [0.4, 0.5) is 5.69 Å². The van der Waals surface area contributed by atoms with Crippen LogP contribution in [0.5, 0.6) is 5.75 Å². The quantitative estimate of drug-likeness (QED) is 0.406. The lowest BCUT2D eigenvalue weighted by Crippen LogP contribution is -3.11. The molecule has 0 spiro atoms. The minimum atomic E-state index is -0.404. The summed E-state index contributed by atoms with van der Waals surface area (Å²) < 4.78 is 5.51. The summed E-state index contributed by atoms with van der Waals surface area (Å²) in [7, 11) is 0. The third-order valence-electron chi connectivity index (χ3n) is 3.49. The van der Waals surface area contributed by atoms with E-state index in [9.17, 15) is 10.1 Å². The van der Waals surface area contributed by atoms with Gasteiger partial charge in [-0.25, -0.2) is 0 Å². The zero-order valence-electron chi connectivity index (χ0n) is 12.4. The third-order valence-corrected chi connectivity index (χ3v) is 3.49. The average Bonchev–Trinajstić information content (AvgIpc) is 2.47. The van der Waals surface area contributed by atoms with Gasteiger partial charge in [0.05, 0.1) is 31.2 Å². The van der Waals surface area contributed by atoms with Gasteiger partial charge in [0.2, 0.25) is 0 Å². The molecule has 1 aromatic carbocycles. The van der Waals surface area contributed by atoms with Crippen molar-refractivity contribution in [1.82, 2.24) is 0 Å². The number of nitrogens with one attached hydrogen (secondary N) is 1. The highest BCUT2D eigenvalue weighted by Gasteiger charge is 2.13. The number of hydrogen-bond acceptors (Lipinski definition) is 3. The van der Waals surface area contributed by atoms with Crippen molar-refractivity contribution < 1.29 is 14.6 Å². The molecule has 0 aromatic heterocycles. The van der Waals surface area contributed by atoms with Gasteiger partial charge in [0.25, 0.3) is 0 Å². The minimum absolute atomic E-state index is 0.0417. The molecule has 0 atom stereocenters. The van der Waals surface area contributed by atoms with E-state index in [1.807, 2.05) is 0 Å². The van der Waals surface area contributed by atoms with E-state index in [0.29, 0.717) is 12.4 Å². The summed E-state index contributed by atoms with van der Waals surface area (Å²) >= 11 is 0. The van der Waals surface area contributed by atoms with Gasteiger partial charge < -0.3 is 9.64 Å². The fourth-order valence-corrected chi connectivity index (χ4v) is 2.17. The first kappa shape index (κ1) is 16.4. The zero-order valence-corrected chi connectivity index (χ0v) is 12.4. The van der Waals surface area contributed by atoms with Crippen LogP contribution in [0.15, 0.2) is 24.3 Å². The normalized spacial score (nSPS) is 10.8. The Morgan fingerprint density at radius 1 is 1.15 bits per heavy atom. The Hall–Kier alpha value is -1.62.